The Morgan fingerprint density at radius 1 is 0.893 bits per heavy atom. The summed E-state index contributed by atoms with van der Waals surface area (Å²) in [6.07, 6.45) is 0. The summed E-state index contributed by atoms with van der Waals surface area (Å²) >= 11 is 0. The van der Waals surface area contributed by atoms with E-state index < -0.39 is 11.9 Å². The molecule has 1 aromatic heterocycles. The molecule has 0 unspecified atom stereocenters. The van der Waals surface area contributed by atoms with E-state index in [2.05, 4.69) is 4.98 Å². The number of aromatic nitrogens is 2. The zero-order chi connectivity index (χ0) is 19.7. The molecular weight excluding hydrogens is 356 g/mol. The van der Waals surface area contributed by atoms with Gasteiger partial charge in [0.2, 0.25) is 0 Å². The van der Waals surface area contributed by atoms with Gasteiger partial charge in [-0.25, -0.2) is 4.98 Å². The first kappa shape index (κ1) is 17.5. The fourth-order valence-electron chi connectivity index (χ4n) is 3.13. The standard InChI is InChI=1S/C22H16N2O4/c1-28-15-12-10-14(11-13-15)20-23-18-8-4-5-9-19(18)24(20)21(25)16-6-2-3-7-17(16)22(26)27/h2-13H,1H3,(H,26,27)/p-1. The number of aromatic carboxylic acids is 1. The van der Waals surface area contributed by atoms with E-state index >= 15 is 0 Å². The van der Waals surface area contributed by atoms with Gasteiger partial charge in [-0.05, 0) is 42.5 Å². The van der Waals surface area contributed by atoms with Crippen LogP contribution in [0.3, 0.4) is 0 Å². The van der Waals surface area contributed by atoms with Gasteiger partial charge in [-0.1, -0.05) is 30.3 Å². The lowest BCUT2D eigenvalue weighted by Gasteiger charge is -2.12. The zero-order valence-electron chi connectivity index (χ0n) is 15.0. The SMILES string of the molecule is COc1ccc(-c2nc3ccccc3n2C(=O)c2ccccc2C(=O)[O-])cc1. The first-order valence-electron chi connectivity index (χ1n) is 8.57. The van der Waals surface area contributed by atoms with Crippen LogP contribution in [0.15, 0.2) is 72.8 Å². The Balaban J connectivity index is 1.95. The Kier molecular flexibility index (Phi) is 4.37. The largest absolute Gasteiger partial charge is 0.545 e. The van der Waals surface area contributed by atoms with Gasteiger partial charge in [0.05, 0.1) is 24.1 Å². The first-order valence-corrected chi connectivity index (χ1v) is 8.57. The molecule has 3 aromatic carbocycles. The Labute approximate surface area is 160 Å². The molecular formula is C22H15N2O4-. The first-order chi connectivity index (χ1) is 13.6. The Morgan fingerprint density at radius 2 is 1.54 bits per heavy atom. The number of carboxylic acid groups (broad SMARTS) is 1. The van der Waals surface area contributed by atoms with Crippen molar-refractivity contribution in [3.05, 3.63) is 83.9 Å². The Morgan fingerprint density at radius 3 is 2.21 bits per heavy atom. The molecule has 0 saturated heterocycles. The van der Waals surface area contributed by atoms with Gasteiger partial charge in [0.25, 0.3) is 5.91 Å². The van der Waals surface area contributed by atoms with Crippen LogP contribution >= 0.6 is 0 Å². The molecule has 6 heteroatoms. The summed E-state index contributed by atoms with van der Waals surface area (Å²) < 4.78 is 6.62. The minimum atomic E-state index is -1.40. The van der Waals surface area contributed by atoms with Crippen LogP contribution in [-0.2, 0) is 0 Å². The average Bonchev–Trinajstić information content (AvgIpc) is 3.12. The number of fused-ring (bicyclic) bond motifs is 1. The number of rotatable bonds is 4. The van der Waals surface area contributed by atoms with E-state index in [0.717, 1.165) is 0 Å². The minimum absolute atomic E-state index is 0.0421. The van der Waals surface area contributed by atoms with E-state index in [1.165, 1.54) is 16.7 Å². The van der Waals surface area contributed by atoms with Crippen molar-refractivity contribution in [1.82, 2.24) is 9.55 Å². The van der Waals surface area contributed by atoms with E-state index in [9.17, 15) is 14.7 Å². The molecule has 0 radical (unpaired) electrons. The van der Waals surface area contributed by atoms with Crippen LogP contribution in [0.2, 0.25) is 0 Å². The summed E-state index contributed by atoms with van der Waals surface area (Å²) in [4.78, 5) is 29.5. The molecule has 0 atom stereocenters. The molecule has 138 valence electrons. The molecule has 4 aromatic rings. The van der Waals surface area contributed by atoms with Gasteiger partial charge >= 0.3 is 0 Å². The second-order valence-corrected chi connectivity index (χ2v) is 6.13. The lowest BCUT2D eigenvalue weighted by Crippen LogP contribution is -2.26. The molecule has 0 aliphatic carbocycles. The van der Waals surface area contributed by atoms with Gasteiger partial charge in [-0.15, -0.1) is 0 Å². The highest BCUT2D eigenvalue weighted by Crippen LogP contribution is 2.28. The lowest BCUT2D eigenvalue weighted by molar-refractivity contribution is -0.255. The Hall–Kier alpha value is -3.93. The van der Waals surface area contributed by atoms with Gasteiger partial charge in [-0.3, -0.25) is 9.36 Å². The van der Waals surface area contributed by atoms with Crippen LogP contribution < -0.4 is 9.84 Å². The third-order valence-corrected chi connectivity index (χ3v) is 4.49. The number of hydrogen-bond donors (Lipinski definition) is 0. The zero-order valence-corrected chi connectivity index (χ0v) is 15.0. The average molecular weight is 371 g/mol. The number of carboxylic acids is 1. The maximum absolute atomic E-state index is 13.4. The highest BCUT2D eigenvalue weighted by atomic mass is 16.5. The van der Waals surface area contributed by atoms with Gasteiger partial charge in [0.15, 0.2) is 0 Å². The molecule has 1 heterocycles. The summed E-state index contributed by atoms with van der Waals surface area (Å²) in [6, 6.07) is 20.4. The highest BCUT2D eigenvalue weighted by molar-refractivity contribution is 6.09. The van der Waals surface area contributed by atoms with Gasteiger partial charge < -0.3 is 14.6 Å². The van der Waals surface area contributed by atoms with Crippen molar-refractivity contribution in [2.45, 2.75) is 0 Å². The fourth-order valence-corrected chi connectivity index (χ4v) is 3.13. The predicted molar refractivity (Wildman–Crippen MR) is 102 cm³/mol. The third-order valence-electron chi connectivity index (χ3n) is 4.49. The molecule has 0 spiro atoms. The molecule has 6 nitrogen and oxygen atoms in total. The molecule has 0 fully saturated rings. The normalized spacial score (nSPS) is 10.8. The highest BCUT2D eigenvalue weighted by Gasteiger charge is 2.21. The van der Waals surface area contributed by atoms with Crippen molar-refractivity contribution < 1.29 is 19.4 Å². The van der Waals surface area contributed by atoms with Crippen molar-refractivity contribution in [3.63, 3.8) is 0 Å². The minimum Gasteiger partial charge on any atom is -0.545 e. The van der Waals surface area contributed by atoms with E-state index in [0.29, 0.717) is 28.2 Å². The predicted octanol–water partition coefficient (Wildman–Crippen LogP) is 2.76. The number of carbonyl (C=O) groups excluding carboxylic acids is 2. The maximum Gasteiger partial charge on any atom is 0.264 e. The van der Waals surface area contributed by atoms with E-state index in [1.807, 2.05) is 6.07 Å². The number of para-hydroxylation sites is 2. The van der Waals surface area contributed by atoms with Crippen LogP contribution in [0.25, 0.3) is 22.4 Å². The summed E-state index contributed by atoms with van der Waals surface area (Å²) in [6.45, 7) is 0. The number of imidazole rings is 1. The van der Waals surface area contributed by atoms with Crippen LogP contribution in [0, 0.1) is 0 Å². The number of carbonyl (C=O) groups is 2. The van der Waals surface area contributed by atoms with E-state index in [4.69, 9.17) is 4.74 Å². The second kappa shape index (κ2) is 7.00. The number of nitrogens with zero attached hydrogens (tertiary/aromatic N) is 2. The third kappa shape index (κ3) is 2.91. The Bertz CT molecular complexity index is 1190. The molecule has 28 heavy (non-hydrogen) atoms. The number of hydrogen-bond acceptors (Lipinski definition) is 5. The molecule has 0 bridgehead atoms. The molecule has 4 rings (SSSR count). The van der Waals surface area contributed by atoms with Crippen LogP contribution in [0.5, 0.6) is 5.75 Å². The molecule has 0 N–H and O–H groups in total. The molecule has 0 aliphatic heterocycles. The lowest BCUT2D eigenvalue weighted by atomic mass is 10.1. The van der Waals surface area contributed by atoms with Crippen molar-refractivity contribution in [2.24, 2.45) is 0 Å². The fraction of sp³-hybridized carbons (Fsp3) is 0.0455. The van der Waals surface area contributed by atoms with Gasteiger partial charge in [0, 0.05) is 16.7 Å². The van der Waals surface area contributed by atoms with Crippen molar-refractivity contribution in [2.75, 3.05) is 7.11 Å². The number of benzene rings is 3. The number of ether oxygens (including phenoxy) is 1. The molecule has 0 amide bonds. The van der Waals surface area contributed by atoms with Crippen molar-refractivity contribution >= 4 is 22.9 Å². The van der Waals surface area contributed by atoms with Crippen molar-refractivity contribution in [3.8, 4) is 17.1 Å². The van der Waals surface area contributed by atoms with Gasteiger partial charge in [0.1, 0.15) is 11.6 Å². The van der Waals surface area contributed by atoms with Gasteiger partial charge in [-0.2, -0.15) is 0 Å². The maximum atomic E-state index is 13.4. The van der Waals surface area contributed by atoms with Crippen molar-refractivity contribution in [1.29, 1.82) is 0 Å². The summed E-state index contributed by atoms with van der Waals surface area (Å²) in [5.41, 5.74) is 1.81. The van der Waals surface area contributed by atoms with E-state index in [1.54, 1.807) is 61.7 Å². The number of methoxy groups -OCH3 is 1. The molecule has 0 saturated carbocycles. The quantitative estimate of drug-likeness (QED) is 0.551. The van der Waals surface area contributed by atoms with Crippen LogP contribution in [0.4, 0.5) is 0 Å². The van der Waals surface area contributed by atoms with Crippen LogP contribution in [0.1, 0.15) is 20.7 Å². The van der Waals surface area contributed by atoms with E-state index in [-0.39, 0.29) is 11.1 Å². The second-order valence-electron chi connectivity index (χ2n) is 6.13. The summed E-state index contributed by atoms with van der Waals surface area (Å²) in [7, 11) is 1.57. The smallest absolute Gasteiger partial charge is 0.264 e. The molecule has 0 aliphatic rings. The monoisotopic (exact) mass is 371 g/mol. The topological polar surface area (TPSA) is 84.2 Å². The summed E-state index contributed by atoms with van der Waals surface area (Å²) in [5, 5.41) is 11.5. The van der Waals surface area contributed by atoms with Crippen LogP contribution in [-0.4, -0.2) is 28.5 Å². The summed E-state index contributed by atoms with van der Waals surface area (Å²) in [5.74, 6) is -0.791.